The molecule has 0 saturated heterocycles. The highest BCUT2D eigenvalue weighted by molar-refractivity contribution is 5.88. The van der Waals surface area contributed by atoms with E-state index in [1.165, 1.54) is 0 Å². The number of carbonyl (C=O) groups is 2. The van der Waals surface area contributed by atoms with E-state index in [0.29, 0.717) is 17.9 Å². The van der Waals surface area contributed by atoms with E-state index in [1.807, 2.05) is 43.3 Å². The average molecular weight is 354 g/mol. The summed E-state index contributed by atoms with van der Waals surface area (Å²) in [7, 11) is 0. The van der Waals surface area contributed by atoms with E-state index < -0.39 is 12.0 Å². The van der Waals surface area contributed by atoms with E-state index in [4.69, 9.17) is 9.47 Å². The van der Waals surface area contributed by atoms with Crippen LogP contribution in [0.4, 0.5) is 0 Å². The SMILES string of the molecule is CCCC(C(=O)NNC(=O)C1COc2ccccc2O1)c1ccccc1. The van der Waals surface area contributed by atoms with Gasteiger partial charge in [-0.25, -0.2) is 0 Å². The molecule has 0 aromatic heterocycles. The Labute approximate surface area is 152 Å². The molecule has 1 aliphatic rings. The molecule has 0 spiro atoms. The predicted molar refractivity (Wildman–Crippen MR) is 96.7 cm³/mol. The van der Waals surface area contributed by atoms with Crippen LogP contribution < -0.4 is 20.3 Å². The van der Waals surface area contributed by atoms with Gasteiger partial charge in [0, 0.05) is 0 Å². The molecule has 2 atom stereocenters. The molecule has 2 unspecified atom stereocenters. The Morgan fingerprint density at radius 3 is 2.46 bits per heavy atom. The van der Waals surface area contributed by atoms with E-state index in [-0.39, 0.29) is 18.4 Å². The van der Waals surface area contributed by atoms with Gasteiger partial charge in [0.15, 0.2) is 11.5 Å². The number of carbonyl (C=O) groups excluding carboxylic acids is 2. The van der Waals surface area contributed by atoms with Crippen molar-refractivity contribution in [2.75, 3.05) is 6.61 Å². The van der Waals surface area contributed by atoms with Crippen molar-refractivity contribution in [3.8, 4) is 11.5 Å². The summed E-state index contributed by atoms with van der Waals surface area (Å²) in [6, 6.07) is 16.7. The lowest BCUT2D eigenvalue weighted by molar-refractivity contribution is -0.135. The van der Waals surface area contributed by atoms with Gasteiger partial charge < -0.3 is 9.47 Å². The van der Waals surface area contributed by atoms with Crippen LogP contribution in [0, 0.1) is 0 Å². The van der Waals surface area contributed by atoms with E-state index in [0.717, 1.165) is 12.0 Å². The molecule has 6 nitrogen and oxygen atoms in total. The highest BCUT2D eigenvalue weighted by atomic mass is 16.6. The largest absolute Gasteiger partial charge is 0.485 e. The molecular formula is C20H22N2O4. The van der Waals surface area contributed by atoms with Crippen molar-refractivity contribution in [2.24, 2.45) is 0 Å². The summed E-state index contributed by atoms with van der Waals surface area (Å²) >= 11 is 0. The number of amides is 2. The Balaban J connectivity index is 1.57. The van der Waals surface area contributed by atoms with Crippen LogP contribution in [0.3, 0.4) is 0 Å². The summed E-state index contributed by atoms with van der Waals surface area (Å²) < 4.78 is 11.2. The Kier molecular flexibility index (Phi) is 5.73. The Hall–Kier alpha value is -3.02. The van der Waals surface area contributed by atoms with Crippen LogP contribution in [0.1, 0.15) is 31.2 Å². The van der Waals surface area contributed by atoms with Crippen LogP contribution in [-0.2, 0) is 9.59 Å². The summed E-state index contributed by atoms with van der Waals surface area (Å²) in [4.78, 5) is 24.8. The third kappa shape index (κ3) is 4.14. The summed E-state index contributed by atoms with van der Waals surface area (Å²) in [6.07, 6.45) is 0.742. The lowest BCUT2D eigenvalue weighted by atomic mass is 9.94. The minimum atomic E-state index is -0.813. The maximum absolute atomic E-state index is 12.5. The molecule has 26 heavy (non-hydrogen) atoms. The summed E-state index contributed by atoms with van der Waals surface area (Å²) in [5, 5.41) is 0. The number of nitrogens with one attached hydrogen (secondary N) is 2. The second-order valence-electron chi connectivity index (χ2n) is 6.09. The number of benzene rings is 2. The lowest BCUT2D eigenvalue weighted by Gasteiger charge is -2.26. The summed E-state index contributed by atoms with van der Waals surface area (Å²) in [5.41, 5.74) is 5.88. The first-order valence-corrected chi connectivity index (χ1v) is 8.72. The fraction of sp³-hybridized carbons (Fsp3) is 0.300. The number of hydrogen-bond donors (Lipinski definition) is 2. The molecular weight excluding hydrogens is 332 g/mol. The van der Waals surface area contributed by atoms with Crippen molar-refractivity contribution in [2.45, 2.75) is 31.8 Å². The minimum Gasteiger partial charge on any atom is -0.485 e. The predicted octanol–water partition coefficient (Wildman–Crippen LogP) is 2.56. The maximum Gasteiger partial charge on any atom is 0.283 e. The molecule has 0 bridgehead atoms. The van der Waals surface area contributed by atoms with Crippen LogP contribution in [0.15, 0.2) is 54.6 Å². The average Bonchev–Trinajstić information content (AvgIpc) is 2.70. The number of ether oxygens (including phenoxy) is 2. The smallest absolute Gasteiger partial charge is 0.283 e. The first kappa shape index (κ1) is 17.8. The zero-order valence-corrected chi connectivity index (χ0v) is 14.6. The van der Waals surface area contributed by atoms with Gasteiger partial charge in [0.2, 0.25) is 12.0 Å². The van der Waals surface area contributed by atoms with E-state index in [2.05, 4.69) is 10.9 Å². The Morgan fingerprint density at radius 1 is 1.04 bits per heavy atom. The minimum absolute atomic E-state index is 0.0930. The van der Waals surface area contributed by atoms with Gasteiger partial charge in [0.05, 0.1) is 5.92 Å². The molecule has 2 aromatic rings. The third-order valence-electron chi connectivity index (χ3n) is 4.21. The van der Waals surface area contributed by atoms with Crippen molar-refractivity contribution in [1.29, 1.82) is 0 Å². The highest BCUT2D eigenvalue weighted by Crippen LogP contribution is 2.30. The van der Waals surface area contributed by atoms with Gasteiger partial charge in [0.25, 0.3) is 5.91 Å². The van der Waals surface area contributed by atoms with Crippen molar-refractivity contribution < 1.29 is 19.1 Å². The molecule has 1 aliphatic heterocycles. The molecule has 2 N–H and O–H groups in total. The van der Waals surface area contributed by atoms with Crippen LogP contribution >= 0.6 is 0 Å². The van der Waals surface area contributed by atoms with Crippen LogP contribution in [0.2, 0.25) is 0 Å². The summed E-state index contributed by atoms with van der Waals surface area (Å²) in [5.74, 6) is 0.108. The fourth-order valence-electron chi connectivity index (χ4n) is 2.86. The van der Waals surface area contributed by atoms with Gasteiger partial charge in [-0.05, 0) is 24.1 Å². The van der Waals surface area contributed by atoms with E-state index >= 15 is 0 Å². The topological polar surface area (TPSA) is 76.7 Å². The number of hydrazine groups is 1. The Bertz CT molecular complexity index is 763. The number of rotatable bonds is 5. The quantitative estimate of drug-likeness (QED) is 0.809. The molecule has 6 heteroatoms. The molecule has 0 fully saturated rings. The summed E-state index contributed by atoms with van der Waals surface area (Å²) in [6.45, 7) is 2.11. The molecule has 136 valence electrons. The van der Waals surface area contributed by atoms with Crippen LogP contribution in [0.5, 0.6) is 11.5 Å². The molecule has 1 heterocycles. The van der Waals surface area contributed by atoms with Crippen LogP contribution in [-0.4, -0.2) is 24.5 Å². The fourth-order valence-corrected chi connectivity index (χ4v) is 2.86. The van der Waals surface area contributed by atoms with E-state index in [1.54, 1.807) is 18.2 Å². The normalized spacial score (nSPS) is 16.4. The van der Waals surface area contributed by atoms with Gasteiger partial charge in [-0.2, -0.15) is 0 Å². The lowest BCUT2D eigenvalue weighted by Crippen LogP contribution is -2.51. The number of hydrogen-bond acceptors (Lipinski definition) is 4. The first-order valence-electron chi connectivity index (χ1n) is 8.72. The molecule has 0 saturated carbocycles. The molecule has 2 amide bonds. The molecule has 0 radical (unpaired) electrons. The van der Waals surface area contributed by atoms with Gasteiger partial charge in [-0.15, -0.1) is 0 Å². The Morgan fingerprint density at radius 2 is 1.73 bits per heavy atom. The van der Waals surface area contributed by atoms with Gasteiger partial charge >= 0.3 is 0 Å². The molecule has 0 aliphatic carbocycles. The van der Waals surface area contributed by atoms with Crippen molar-refractivity contribution in [1.82, 2.24) is 10.9 Å². The van der Waals surface area contributed by atoms with Crippen molar-refractivity contribution >= 4 is 11.8 Å². The third-order valence-corrected chi connectivity index (χ3v) is 4.21. The van der Waals surface area contributed by atoms with Crippen molar-refractivity contribution in [3.05, 3.63) is 60.2 Å². The molecule has 2 aromatic carbocycles. The second-order valence-corrected chi connectivity index (χ2v) is 6.09. The van der Waals surface area contributed by atoms with Gasteiger partial charge in [-0.1, -0.05) is 55.8 Å². The monoisotopic (exact) mass is 354 g/mol. The van der Waals surface area contributed by atoms with Gasteiger partial charge in [-0.3, -0.25) is 20.4 Å². The number of para-hydroxylation sites is 2. The highest BCUT2D eigenvalue weighted by Gasteiger charge is 2.28. The number of fused-ring (bicyclic) bond motifs is 1. The van der Waals surface area contributed by atoms with E-state index in [9.17, 15) is 9.59 Å². The van der Waals surface area contributed by atoms with Crippen molar-refractivity contribution in [3.63, 3.8) is 0 Å². The standard InChI is InChI=1S/C20H22N2O4/c1-2-8-15(14-9-4-3-5-10-14)19(23)21-22-20(24)18-13-25-16-11-6-7-12-17(16)26-18/h3-7,9-12,15,18H,2,8,13H2,1H3,(H,21,23)(H,22,24). The second kappa shape index (κ2) is 8.38. The van der Waals surface area contributed by atoms with Gasteiger partial charge in [0.1, 0.15) is 6.61 Å². The zero-order valence-electron chi connectivity index (χ0n) is 14.6. The van der Waals surface area contributed by atoms with Crippen LogP contribution in [0.25, 0.3) is 0 Å². The zero-order chi connectivity index (χ0) is 18.4. The maximum atomic E-state index is 12.5. The molecule has 3 rings (SSSR count). The first-order chi connectivity index (χ1) is 12.7.